The zero-order chi connectivity index (χ0) is 52.3. The monoisotopic (exact) mass is 1010 g/mol. The predicted molar refractivity (Wildman–Crippen MR) is 331 cm³/mol. The first kappa shape index (κ1) is 43.8. The molecule has 0 saturated heterocycles. The molecule has 2 heteroatoms. The van der Waals surface area contributed by atoms with Gasteiger partial charge in [0.1, 0.15) is 0 Å². The first-order chi connectivity index (χ1) is 39.7. The fraction of sp³-hybridized carbons (Fsp3) is 0.0256. The van der Waals surface area contributed by atoms with Crippen LogP contribution in [0.5, 0.6) is 0 Å². The van der Waals surface area contributed by atoms with Crippen LogP contribution < -0.4 is 4.90 Å². The van der Waals surface area contributed by atoms with Gasteiger partial charge < -0.3 is 9.47 Å². The quantitative estimate of drug-likeness (QED) is 0.167. The number of hydrogen-bond donors (Lipinski definition) is 0. The molecule has 80 heavy (non-hydrogen) atoms. The highest BCUT2D eigenvalue weighted by Crippen LogP contribution is 2.66. The minimum absolute atomic E-state index is 0.465. The van der Waals surface area contributed by atoms with E-state index in [0.717, 1.165) is 17.1 Å². The van der Waals surface area contributed by atoms with Gasteiger partial charge in [-0.15, -0.1) is 0 Å². The summed E-state index contributed by atoms with van der Waals surface area (Å²) in [6.07, 6.45) is 0. The molecular formula is C78H48N2. The van der Waals surface area contributed by atoms with E-state index >= 15 is 0 Å². The summed E-state index contributed by atoms with van der Waals surface area (Å²) in [5.41, 5.74) is 29.3. The molecule has 13 aromatic carbocycles. The van der Waals surface area contributed by atoms with Crippen molar-refractivity contribution in [2.24, 2.45) is 0 Å². The maximum atomic E-state index is 2.54. The van der Waals surface area contributed by atoms with Gasteiger partial charge in [-0.3, -0.25) is 0 Å². The highest BCUT2D eigenvalue weighted by molar-refractivity contribution is 6.13. The van der Waals surface area contributed by atoms with Crippen LogP contribution in [0.25, 0.3) is 93.9 Å². The molecule has 370 valence electrons. The second kappa shape index (κ2) is 16.1. The van der Waals surface area contributed by atoms with Crippen LogP contribution >= 0.6 is 0 Å². The number of hydrogen-bond acceptors (Lipinski definition) is 1. The molecule has 0 radical (unpaired) electrons. The summed E-state index contributed by atoms with van der Waals surface area (Å²) in [6, 6.07) is 110. The second-order valence-electron chi connectivity index (χ2n) is 22.2. The van der Waals surface area contributed by atoms with Crippen molar-refractivity contribution < 1.29 is 0 Å². The topological polar surface area (TPSA) is 8.17 Å². The van der Waals surface area contributed by atoms with Crippen LogP contribution in [0.15, 0.2) is 291 Å². The van der Waals surface area contributed by atoms with E-state index in [1.165, 1.54) is 138 Å². The SMILES string of the molecule is c1ccc(-c2ccccc2N(c2ccc3cc(-c4ccc5c(c4)C4(c6ccccc6-5)c5ccccc5-n5c6ccccc6c6cccc4c65)ccc3c2)c2cccc3c2-c2ccccc2C32c3ccccc3-c3ccccc32)cc1. The van der Waals surface area contributed by atoms with Crippen LogP contribution in [-0.2, 0) is 10.8 Å². The Labute approximate surface area is 464 Å². The summed E-state index contributed by atoms with van der Waals surface area (Å²) in [6.45, 7) is 0. The minimum atomic E-state index is -0.518. The van der Waals surface area contributed by atoms with Gasteiger partial charge in [-0.25, -0.2) is 0 Å². The number of para-hydroxylation sites is 4. The van der Waals surface area contributed by atoms with Crippen LogP contribution in [0.3, 0.4) is 0 Å². The van der Waals surface area contributed by atoms with Gasteiger partial charge in [0.15, 0.2) is 0 Å². The standard InChI is InChI=1S/C78H48N2/c1-2-20-49(21-3-1)55-22-8-15-36-71(55)79(74-39-19-34-68-75(74)62-27-7-13-32-66(62)77(68)63-29-10-4-23-56(63)57-24-5-11-30-64(57)77)54-44-42-51-46-50(40-41-52(51)47-54)53-43-45-59-58-25-6-12-31-65(58)78(70(59)48-53)67-33-14-17-38-73(67)80-72-37-16-9-26-60(72)61-28-18-35-69(78)76(61)80/h1-48H. The summed E-state index contributed by atoms with van der Waals surface area (Å²) >= 11 is 0. The molecule has 0 N–H and O–H groups in total. The van der Waals surface area contributed by atoms with E-state index in [4.69, 9.17) is 0 Å². The minimum Gasteiger partial charge on any atom is -0.309 e. The summed E-state index contributed by atoms with van der Waals surface area (Å²) in [7, 11) is 0. The van der Waals surface area contributed by atoms with Crippen molar-refractivity contribution >= 4 is 49.6 Å². The first-order valence-electron chi connectivity index (χ1n) is 28.0. The second-order valence-corrected chi connectivity index (χ2v) is 22.2. The van der Waals surface area contributed by atoms with Gasteiger partial charge in [0.2, 0.25) is 0 Å². The Morgan fingerprint density at radius 1 is 0.275 bits per heavy atom. The Balaban J connectivity index is 0.825. The van der Waals surface area contributed by atoms with Crippen molar-refractivity contribution in [3.63, 3.8) is 0 Å². The van der Waals surface area contributed by atoms with Gasteiger partial charge in [0.25, 0.3) is 0 Å². The van der Waals surface area contributed by atoms with Crippen molar-refractivity contribution in [2.75, 3.05) is 4.90 Å². The van der Waals surface area contributed by atoms with E-state index < -0.39 is 10.8 Å². The lowest BCUT2D eigenvalue weighted by atomic mass is 9.65. The predicted octanol–water partition coefficient (Wildman–Crippen LogP) is 19.8. The summed E-state index contributed by atoms with van der Waals surface area (Å²) in [4.78, 5) is 2.54. The normalized spacial score (nSPS) is 15.2. The summed E-state index contributed by atoms with van der Waals surface area (Å²) in [5, 5.41) is 4.95. The van der Waals surface area contributed by atoms with Crippen LogP contribution in [0, 0.1) is 0 Å². The molecule has 3 aliphatic carbocycles. The highest BCUT2D eigenvalue weighted by Gasteiger charge is 2.53. The lowest BCUT2D eigenvalue weighted by Crippen LogP contribution is -2.33. The van der Waals surface area contributed by atoms with Crippen molar-refractivity contribution in [3.05, 3.63) is 336 Å². The van der Waals surface area contributed by atoms with Crippen LogP contribution in [-0.4, -0.2) is 4.57 Å². The van der Waals surface area contributed by atoms with E-state index in [1.807, 2.05) is 0 Å². The van der Waals surface area contributed by atoms with Gasteiger partial charge >= 0.3 is 0 Å². The maximum Gasteiger partial charge on any atom is 0.0754 e. The van der Waals surface area contributed by atoms with Crippen molar-refractivity contribution in [1.29, 1.82) is 0 Å². The molecule has 14 aromatic rings. The largest absolute Gasteiger partial charge is 0.309 e. The number of anilines is 3. The van der Waals surface area contributed by atoms with Crippen molar-refractivity contribution in [3.8, 4) is 61.3 Å². The van der Waals surface area contributed by atoms with Crippen LogP contribution in [0.2, 0.25) is 0 Å². The Kier molecular flexibility index (Phi) is 8.83. The Bertz CT molecular complexity index is 4930. The van der Waals surface area contributed by atoms with Gasteiger partial charge in [-0.05, 0) is 148 Å². The molecule has 4 aliphatic rings. The molecule has 2 nitrogen and oxygen atoms in total. The third-order valence-corrected chi connectivity index (χ3v) is 18.6. The van der Waals surface area contributed by atoms with E-state index in [1.54, 1.807) is 0 Å². The molecule has 2 heterocycles. The zero-order valence-corrected chi connectivity index (χ0v) is 43.6. The number of benzene rings is 13. The van der Waals surface area contributed by atoms with E-state index in [0.29, 0.717) is 0 Å². The molecule has 0 bridgehead atoms. The van der Waals surface area contributed by atoms with Gasteiger partial charge in [0, 0.05) is 27.6 Å². The third kappa shape index (κ3) is 5.52. The Morgan fingerprint density at radius 2 is 0.775 bits per heavy atom. The van der Waals surface area contributed by atoms with Crippen molar-refractivity contribution in [2.45, 2.75) is 10.8 Å². The van der Waals surface area contributed by atoms with E-state index in [-0.39, 0.29) is 0 Å². The number of nitrogens with zero attached hydrogens (tertiary/aromatic N) is 2. The smallest absolute Gasteiger partial charge is 0.0754 e. The Hall–Kier alpha value is -10.3. The van der Waals surface area contributed by atoms with Gasteiger partial charge in [0.05, 0.1) is 38.9 Å². The third-order valence-electron chi connectivity index (χ3n) is 18.6. The zero-order valence-electron chi connectivity index (χ0n) is 43.6. The summed E-state index contributed by atoms with van der Waals surface area (Å²) in [5.74, 6) is 0. The highest BCUT2D eigenvalue weighted by atomic mass is 15.1. The molecule has 2 spiro atoms. The molecule has 18 rings (SSSR count). The summed E-state index contributed by atoms with van der Waals surface area (Å²) < 4.78 is 2.53. The number of aromatic nitrogens is 1. The lowest BCUT2D eigenvalue weighted by molar-refractivity contribution is 0.749. The molecule has 0 amide bonds. The maximum absolute atomic E-state index is 2.54. The fourth-order valence-corrected chi connectivity index (χ4v) is 15.5. The average Bonchev–Trinajstić information content (AvgIpc) is 3.28. The molecule has 0 fully saturated rings. The molecule has 1 atom stereocenters. The van der Waals surface area contributed by atoms with Crippen LogP contribution in [0.4, 0.5) is 17.1 Å². The van der Waals surface area contributed by atoms with Gasteiger partial charge in [-0.2, -0.15) is 0 Å². The number of rotatable bonds is 5. The van der Waals surface area contributed by atoms with E-state index in [2.05, 4.69) is 301 Å². The molecule has 1 aliphatic heterocycles. The molecule has 1 aromatic heterocycles. The number of fused-ring (bicyclic) bond motifs is 23. The van der Waals surface area contributed by atoms with Gasteiger partial charge in [-0.1, -0.05) is 243 Å². The Morgan fingerprint density at radius 3 is 1.54 bits per heavy atom. The fourth-order valence-electron chi connectivity index (χ4n) is 15.5. The lowest BCUT2D eigenvalue weighted by Gasteiger charge is -2.39. The van der Waals surface area contributed by atoms with E-state index in [9.17, 15) is 0 Å². The average molecular weight is 1010 g/mol. The first-order valence-corrected chi connectivity index (χ1v) is 28.0. The molecule has 1 unspecified atom stereocenters. The molecule has 0 saturated carbocycles. The van der Waals surface area contributed by atoms with Crippen molar-refractivity contribution in [1.82, 2.24) is 4.57 Å². The molecular weight excluding hydrogens is 965 g/mol. The van der Waals surface area contributed by atoms with Crippen LogP contribution in [0.1, 0.15) is 44.5 Å².